The zero-order valence-electron chi connectivity index (χ0n) is 12.3. The number of hydrogen-bond acceptors (Lipinski definition) is 3. The van der Waals surface area contributed by atoms with Gasteiger partial charge in [0.15, 0.2) is 0 Å². The van der Waals surface area contributed by atoms with Crippen LogP contribution in [0.5, 0.6) is 0 Å². The lowest BCUT2D eigenvalue weighted by Gasteiger charge is -2.35. The minimum Gasteiger partial charge on any atom is -0.341 e. The van der Waals surface area contributed by atoms with Crippen LogP contribution >= 0.6 is 0 Å². The maximum absolute atomic E-state index is 12.1. The summed E-state index contributed by atoms with van der Waals surface area (Å²) in [6.45, 7) is 7.70. The second-order valence-corrected chi connectivity index (χ2v) is 6.17. The average Bonchev–Trinajstić information content (AvgIpc) is 2.92. The van der Waals surface area contributed by atoms with Crippen molar-refractivity contribution in [3.63, 3.8) is 0 Å². The molecule has 2 N–H and O–H groups in total. The van der Waals surface area contributed by atoms with Gasteiger partial charge >= 0.3 is 0 Å². The molecule has 0 radical (unpaired) electrons. The predicted octanol–water partition coefficient (Wildman–Crippen LogP) is 1.45. The van der Waals surface area contributed by atoms with E-state index in [0.29, 0.717) is 0 Å². The van der Waals surface area contributed by atoms with Crippen LogP contribution in [0.25, 0.3) is 0 Å². The SMILES string of the molecule is CCCC(N)C(=O)N1CCC(CN2CCCC2)CC1. The van der Waals surface area contributed by atoms with Crippen molar-refractivity contribution in [1.82, 2.24) is 9.80 Å². The Morgan fingerprint density at radius 3 is 2.42 bits per heavy atom. The molecule has 2 aliphatic rings. The Hall–Kier alpha value is -0.610. The number of rotatable bonds is 5. The molecule has 1 atom stereocenters. The third-order valence-electron chi connectivity index (χ3n) is 4.56. The lowest BCUT2D eigenvalue weighted by atomic mass is 9.95. The normalized spacial score (nSPS) is 23.8. The second-order valence-electron chi connectivity index (χ2n) is 6.17. The van der Waals surface area contributed by atoms with Crippen LogP contribution in [0.1, 0.15) is 45.4 Å². The molecule has 2 heterocycles. The van der Waals surface area contributed by atoms with Crippen molar-refractivity contribution in [3.8, 4) is 0 Å². The second kappa shape index (κ2) is 7.25. The molecule has 2 rings (SSSR count). The van der Waals surface area contributed by atoms with E-state index in [1.807, 2.05) is 4.90 Å². The molecular weight excluding hydrogens is 238 g/mol. The lowest BCUT2D eigenvalue weighted by Crippen LogP contribution is -2.48. The van der Waals surface area contributed by atoms with E-state index in [9.17, 15) is 4.79 Å². The van der Waals surface area contributed by atoms with E-state index in [-0.39, 0.29) is 11.9 Å². The molecule has 2 fully saturated rings. The Bertz CT molecular complexity index is 281. The van der Waals surface area contributed by atoms with Gasteiger partial charge in [-0.15, -0.1) is 0 Å². The van der Waals surface area contributed by atoms with Crippen molar-refractivity contribution in [1.29, 1.82) is 0 Å². The number of likely N-dealkylation sites (tertiary alicyclic amines) is 2. The Morgan fingerprint density at radius 2 is 1.84 bits per heavy atom. The van der Waals surface area contributed by atoms with E-state index in [1.54, 1.807) is 0 Å². The molecule has 1 unspecified atom stereocenters. The fourth-order valence-electron chi connectivity index (χ4n) is 3.34. The predicted molar refractivity (Wildman–Crippen MR) is 77.9 cm³/mol. The highest BCUT2D eigenvalue weighted by atomic mass is 16.2. The van der Waals surface area contributed by atoms with Gasteiger partial charge in [0.1, 0.15) is 0 Å². The van der Waals surface area contributed by atoms with Gasteiger partial charge in [-0.05, 0) is 51.1 Å². The molecule has 0 bridgehead atoms. The molecule has 1 amide bonds. The number of nitrogens with zero attached hydrogens (tertiary/aromatic N) is 2. The molecule has 0 aromatic carbocycles. The first-order valence-electron chi connectivity index (χ1n) is 7.97. The minimum absolute atomic E-state index is 0.168. The van der Waals surface area contributed by atoms with Crippen molar-refractivity contribution in [3.05, 3.63) is 0 Å². The molecular formula is C15H29N3O. The van der Waals surface area contributed by atoms with E-state index in [4.69, 9.17) is 5.73 Å². The zero-order valence-corrected chi connectivity index (χ0v) is 12.3. The first kappa shape index (κ1) is 14.8. The third kappa shape index (κ3) is 4.18. The molecule has 2 aliphatic heterocycles. The van der Waals surface area contributed by atoms with Gasteiger partial charge in [-0.2, -0.15) is 0 Å². The van der Waals surface area contributed by atoms with Crippen molar-refractivity contribution >= 4 is 5.91 Å². The zero-order chi connectivity index (χ0) is 13.7. The van der Waals surface area contributed by atoms with E-state index in [2.05, 4.69) is 11.8 Å². The summed E-state index contributed by atoms with van der Waals surface area (Å²) >= 11 is 0. The molecule has 0 spiro atoms. The highest BCUT2D eigenvalue weighted by molar-refractivity contribution is 5.81. The van der Waals surface area contributed by atoms with Crippen LogP contribution in [0.4, 0.5) is 0 Å². The lowest BCUT2D eigenvalue weighted by molar-refractivity contribution is -0.134. The van der Waals surface area contributed by atoms with Gasteiger partial charge < -0.3 is 15.5 Å². The molecule has 0 saturated carbocycles. The van der Waals surface area contributed by atoms with E-state index < -0.39 is 0 Å². The molecule has 19 heavy (non-hydrogen) atoms. The average molecular weight is 267 g/mol. The largest absolute Gasteiger partial charge is 0.341 e. The van der Waals surface area contributed by atoms with E-state index >= 15 is 0 Å². The quantitative estimate of drug-likeness (QED) is 0.820. The Balaban J connectivity index is 1.70. The summed E-state index contributed by atoms with van der Waals surface area (Å²) in [6, 6.07) is -0.278. The van der Waals surface area contributed by atoms with Gasteiger partial charge in [-0.3, -0.25) is 4.79 Å². The summed E-state index contributed by atoms with van der Waals surface area (Å²) in [7, 11) is 0. The Labute approximate surface area is 117 Å². The Morgan fingerprint density at radius 1 is 1.21 bits per heavy atom. The number of amides is 1. The fourth-order valence-corrected chi connectivity index (χ4v) is 3.34. The van der Waals surface area contributed by atoms with Gasteiger partial charge in [0.25, 0.3) is 0 Å². The number of nitrogens with two attached hydrogens (primary N) is 1. The highest BCUT2D eigenvalue weighted by Crippen LogP contribution is 2.21. The molecule has 110 valence electrons. The smallest absolute Gasteiger partial charge is 0.239 e. The van der Waals surface area contributed by atoms with E-state index in [1.165, 1.54) is 32.5 Å². The van der Waals surface area contributed by atoms with E-state index in [0.717, 1.165) is 44.7 Å². The van der Waals surface area contributed by atoms with Crippen molar-refractivity contribution in [2.75, 3.05) is 32.7 Å². The standard InChI is InChI=1S/C15H29N3O/c1-2-5-14(16)15(19)18-10-6-13(7-11-18)12-17-8-3-4-9-17/h13-14H,2-12,16H2,1H3. The highest BCUT2D eigenvalue weighted by Gasteiger charge is 2.27. The van der Waals surface area contributed by atoms with Gasteiger partial charge in [-0.25, -0.2) is 0 Å². The van der Waals surface area contributed by atoms with Crippen LogP contribution in [-0.2, 0) is 4.79 Å². The molecule has 4 nitrogen and oxygen atoms in total. The summed E-state index contributed by atoms with van der Waals surface area (Å²) in [4.78, 5) is 16.7. The number of piperidine rings is 1. The summed E-state index contributed by atoms with van der Waals surface area (Å²) in [6.07, 6.45) is 6.83. The van der Waals surface area contributed by atoms with Crippen molar-refractivity contribution in [2.24, 2.45) is 11.7 Å². The molecule has 0 aliphatic carbocycles. The molecule has 2 saturated heterocycles. The number of carbonyl (C=O) groups excluding carboxylic acids is 1. The molecule has 0 aromatic rings. The molecule has 4 heteroatoms. The first-order chi connectivity index (χ1) is 9.20. The Kier molecular flexibility index (Phi) is 5.64. The van der Waals surface area contributed by atoms with Crippen LogP contribution in [0.3, 0.4) is 0 Å². The maximum atomic E-state index is 12.1. The molecule has 0 aromatic heterocycles. The van der Waals surface area contributed by atoms with Crippen LogP contribution in [0.15, 0.2) is 0 Å². The van der Waals surface area contributed by atoms with Crippen LogP contribution in [-0.4, -0.2) is 54.5 Å². The first-order valence-corrected chi connectivity index (χ1v) is 7.97. The number of carbonyl (C=O) groups is 1. The minimum atomic E-state index is -0.278. The van der Waals surface area contributed by atoms with Crippen molar-refractivity contribution < 1.29 is 4.79 Å². The van der Waals surface area contributed by atoms with Crippen molar-refractivity contribution in [2.45, 2.75) is 51.5 Å². The maximum Gasteiger partial charge on any atom is 0.239 e. The van der Waals surface area contributed by atoms with Crippen LogP contribution in [0, 0.1) is 5.92 Å². The summed E-state index contributed by atoms with van der Waals surface area (Å²) in [5.74, 6) is 0.950. The number of hydrogen-bond donors (Lipinski definition) is 1. The monoisotopic (exact) mass is 267 g/mol. The summed E-state index contributed by atoms with van der Waals surface area (Å²) in [5.41, 5.74) is 5.93. The third-order valence-corrected chi connectivity index (χ3v) is 4.56. The van der Waals surface area contributed by atoms with Gasteiger partial charge in [0.2, 0.25) is 5.91 Å². The van der Waals surface area contributed by atoms with Gasteiger partial charge in [-0.1, -0.05) is 13.3 Å². The van der Waals surface area contributed by atoms with Gasteiger partial charge in [0.05, 0.1) is 6.04 Å². The fraction of sp³-hybridized carbons (Fsp3) is 0.933. The summed E-state index contributed by atoms with van der Waals surface area (Å²) in [5, 5.41) is 0. The van der Waals surface area contributed by atoms with Gasteiger partial charge in [0, 0.05) is 19.6 Å². The summed E-state index contributed by atoms with van der Waals surface area (Å²) < 4.78 is 0. The topological polar surface area (TPSA) is 49.6 Å². The van der Waals surface area contributed by atoms with Crippen LogP contribution < -0.4 is 5.73 Å². The van der Waals surface area contributed by atoms with Crippen LogP contribution in [0.2, 0.25) is 0 Å².